The monoisotopic (exact) mass is 265 g/mol. The van der Waals surface area contributed by atoms with E-state index in [9.17, 15) is 0 Å². The van der Waals surface area contributed by atoms with E-state index in [4.69, 9.17) is 4.74 Å². The van der Waals surface area contributed by atoms with Gasteiger partial charge in [-0.25, -0.2) is 0 Å². The lowest BCUT2D eigenvalue weighted by Crippen LogP contribution is -2.56. The second-order valence-electron chi connectivity index (χ2n) is 8.35. The van der Waals surface area contributed by atoms with Crippen molar-refractivity contribution in [1.29, 1.82) is 0 Å². The maximum absolute atomic E-state index is 5.54. The molecule has 0 amide bonds. The third kappa shape index (κ3) is 2.58. The first kappa shape index (κ1) is 13.9. The highest BCUT2D eigenvalue weighted by molar-refractivity contribution is 5.05. The first-order chi connectivity index (χ1) is 8.92. The van der Waals surface area contributed by atoms with Crippen LogP contribution in [0, 0.1) is 23.2 Å². The molecule has 0 spiro atoms. The van der Waals surface area contributed by atoms with Crippen LogP contribution in [0.5, 0.6) is 0 Å². The van der Waals surface area contributed by atoms with Crippen molar-refractivity contribution in [3.63, 3.8) is 0 Å². The van der Waals surface area contributed by atoms with Gasteiger partial charge in [-0.2, -0.15) is 0 Å². The van der Waals surface area contributed by atoms with Gasteiger partial charge in [0.25, 0.3) is 0 Å². The molecule has 1 N–H and O–H groups in total. The van der Waals surface area contributed by atoms with Crippen molar-refractivity contribution in [1.82, 2.24) is 5.32 Å². The summed E-state index contributed by atoms with van der Waals surface area (Å²) in [6.07, 6.45) is 9.07. The summed E-state index contributed by atoms with van der Waals surface area (Å²) in [6, 6.07) is 0.648. The number of rotatable bonds is 5. The van der Waals surface area contributed by atoms with Gasteiger partial charge in [0, 0.05) is 19.7 Å². The summed E-state index contributed by atoms with van der Waals surface area (Å²) >= 11 is 0. The van der Waals surface area contributed by atoms with Crippen LogP contribution in [-0.2, 0) is 4.74 Å². The van der Waals surface area contributed by atoms with Crippen LogP contribution in [0.15, 0.2) is 0 Å². The molecule has 0 heterocycles. The van der Waals surface area contributed by atoms with Crippen molar-refractivity contribution in [2.45, 2.75) is 70.9 Å². The molecule has 2 nitrogen and oxygen atoms in total. The molecule has 4 saturated carbocycles. The van der Waals surface area contributed by atoms with Gasteiger partial charge < -0.3 is 10.1 Å². The normalized spacial score (nSPS) is 42.6. The summed E-state index contributed by atoms with van der Waals surface area (Å²) in [5.74, 6) is 3.14. The highest BCUT2D eigenvalue weighted by Crippen LogP contribution is 2.61. The molecule has 4 rings (SSSR count). The Bertz CT molecular complexity index is 301. The van der Waals surface area contributed by atoms with E-state index in [1.807, 2.05) is 7.11 Å². The van der Waals surface area contributed by atoms with Crippen molar-refractivity contribution in [3.8, 4) is 0 Å². The highest BCUT2D eigenvalue weighted by Gasteiger charge is 2.53. The Morgan fingerprint density at radius 3 is 2.00 bits per heavy atom. The van der Waals surface area contributed by atoms with Crippen molar-refractivity contribution in [3.05, 3.63) is 0 Å². The summed E-state index contributed by atoms with van der Waals surface area (Å²) in [4.78, 5) is 0. The lowest BCUT2D eigenvalue weighted by molar-refractivity contribution is -0.0745. The zero-order chi connectivity index (χ0) is 13.7. The summed E-state index contributed by atoms with van der Waals surface area (Å²) in [6.45, 7) is 7.74. The molecule has 4 fully saturated rings. The molecule has 4 aliphatic carbocycles. The summed E-state index contributed by atoms with van der Waals surface area (Å²) in [5.41, 5.74) is 0.565. The predicted molar refractivity (Wildman–Crippen MR) is 79.2 cm³/mol. The molecule has 0 radical (unpaired) electrons. The lowest BCUT2D eigenvalue weighted by atomic mass is 9.48. The van der Waals surface area contributed by atoms with E-state index < -0.39 is 0 Å². The van der Waals surface area contributed by atoms with E-state index in [1.165, 1.54) is 38.5 Å². The van der Waals surface area contributed by atoms with Crippen LogP contribution < -0.4 is 5.32 Å². The quantitative estimate of drug-likeness (QED) is 0.820. The topological polar surface area (TPSA) is 21.3 Å². The van der Waals surface area contributed by atoms with E-state index in [1.54, 1.807) is 0 Å². The van der Waals surface area contributed by atoms with Crippen LogP contribution in [0.1, 0.15) is 59.3 Å². The van der Waals surface area contributed by atoms with Crippen LogP contribution in [0.25, 0.3) is 0 Å². The van der Waals surface area contributed by atoms with Crippen LogP contribution in [0.2, 0.25) is 0 Å². The first-order valence-electron chi connectivity index (χ1n) is 8.21. The average molecular weight is 265 g/mol. The standard InChI is InChI=1S/C17H31NO/c1-12(18-11-16(2,3)19-4)17-8-13-5-14(9-17)7-15(6-13)10-17/h12-15,18H,5-11H2,1-4H3. The molecule has 110 valence electrons. The molecule has 0 aliphatic heterocycles. The van der Waals surface area contributed by atoms with Gasteiger partial charge in [0.2, 0.25) is 0 Å². The summed E-state index contributed by atoms with van der Waals surface area (Å²) in [5, 5.41) is 3.81. The third-order valence-electron chi connectivity index (χ3n) is 6.39. The smallest absolute Gasteiger partial charge is 0.0746 e. The van der Waals surface area contributed by atoms with Gasteiger partial charge in [-0.3, -0.25) is 0 Å². The van der Waals surface area contributed by atoms with Crippen LogP contribution in [0.4, 0.5) is 0 Å². The number of nitrogens with one attached hydrogen (secondary N) is 1. The fraction of sp³-hybridized carbons (Fsp3) is 1.00. The SMILES string of the molecule is COC(C)(C)CNC(C)C12CC3CC(CC(C3)C1)C2. The Balaban J connectivity index is 1.64. The van der Waals surface area contributed by atoms with Crippen LogP contribution in [0.3, 0.4) is 0 Å². The Kier molecular flexibility index (Phi) is 3.46. The lowest BCUT2D eigenvalue weighted by Gasteiger charge is -2.59. The minimum Gasteiger partial charge on any atom is -0.377 e. The Hall–Kier alpha value is -0.0800. The van der Waals surface area contributed by atoms with Gasteiger partial charge in [-0.15, -0.1) is 0 Å². The largest absolute Gasteiger partial charge is 0.377 e. The molecule has 1 atom stereocenters. The highest BCUT2D eigenvalue weighted by atomic mass is 16.5. The number of ether oxygens (including phenoxy) is 1. The van der Waals surface area contributed by atoms with Crippen molar-refractivity contribution in [2.75, 3.05) is 13.7 Å². The molecule has 0 saturated heterocycles. The molecule has 0 aromatic carbocycles. The van der Waals surface area contributed by atoms with E-state index in [0.29, 0.717) is 11.5 Å². The van der Waals surface area contributed by atoms with E-state index in [0.717, 1.165) is 24.3 Å². The van der Waals surface area contributed by atoms with Crippen molar-refractivity contribution >= 4 is 0 Å². The van der Waals surface area contributed by atoms with Crippen molar-refractivity contribution in [2.24, 2.45) is 23.2 Å². The van der Waals surface area contributed by atoms with Gasteiger partial charge in [0.15, 0.2) is 0 Å². The fourth-order valence-electron chi connectivity index (χ4n) is 5.40. The first-order valence-corrected chi connectivity index (χ1v) is 8.21. The molecule has 1 unspecified atom stereocenters. The van der Waals surface area contributed by atoms with Crippen LogP contribution in [-0.4, -0.2) is 25.3 Å². The minimum absolute atomic E-state index is 0.0451. The Morgan fingerprint density at radius 1 is 1.11 bits per heavy atom. The van der Waals surface area contributed by atoms with Gasteiger partial charge in [-0.05, 0) is 82.5 Å². The van der Waals surface area contributed by atoms with Gasteiger partial charge in [0.1, 0.15) is 0 Å². The van der Waals surface area contributed by atoms with Gasteiger partial charge in [0.05, 0.1) is 5.60 Å². The zero-order valence-corrected chi connectivity index (χ0v) is 13.2. The summed E-state index contributed by atoms with van der Waals surface area (Å²) < 4.78 is 5.54. The van der Waals surface area contributed by atoms with Crippen LogP contribution >= 0.6 is 0 Å². The molecule has 4 bridgehead atoms. The molecule has 0 aromatic rings. The molecule has 4 aliphatic rings. The second-order valence-corrected chi connectivity index (χ2v) is 8.35. The second kappa shape index (κ2) is 4.73. The van der Waals surface area contributed by atoms with Gasteiger partial charge in [-0.1, -0.05) is 0 Å². The number of hydrogen-bond donors (Lipinski definition) is 1. The number of hydrogen-bond acceptors (Lipinski definition) is 2. The van der Waals surface area contributed by atoms with Gasteiger partial charge >= 0.3 is 0 Å². The zero-order valence-electron chi connectivity index (χ0n) is 13.2. The Labute approximate surface area is 118 Å². The van der Waals surface area contributed by atoms with Crippen molar-refractivity contribution < 1.29 is 4.74 Å². The number of methoxy groups -OCH3 is 1. The maximum atomic E-state index is 5.54. The molecule has 0 aromatic heterocycles. The fourth-order valence-corrected chi connectivity index (χ4v) is 5.40. The third-order valence-corrected chi connectivity index (χ3v) is 6.39. The average Bonchev–Trinajstić information content (AvgIpc) is 2.34. The Morgan fingerprint density at radius 2 is 1.58 bits per heavy atom. The molecular formula is C17H31NO. The summed E-state index contributed by atoms with van der Waals surface area (Å²) in [7, 11) is 1.82. The molecular weight excluding hydrogens is 234 g/mol. The van der Waals surface area contributed by atoms with E-state index >= 15 is 0 Å². The molecule has 19 heavy (non-hydrogen) atoms. The van der Waals surface area contributed by atoms with E-state index in [-0.39, 0.29) is 5.60 Å². The molecule has 2 heteroatoms. The van der Waals surface area contributed by atoms with E-state index in [2.05, 4.69) is 26.1 Å². The minimum atomic E-state index is -0.0451. The predicted octanol–water partition coefficient (Wildman–Crippen LogP) is 3.61. The maximum Gasteiger partial charge on any atom is 0.0746 e.